The molecule has 0 radical (unpaired) electrons. The SMILES string of the molecule is CC(=O)N1CCc2cc(NS(=O)(=O)c3ccccc3[N+](=O)[O-])ccc21. The number of amides is 1. The van der Waals surface area contributed by atoms with Crippen LogP contribution in [0.3, 0.4) is 0 Å². The molecule has 2 aromatic carbocycles. The van der Waals surface area contributed by atoms with Crippen molar-refractivity contribution in [1.82, 2.24) is 0 Å². The average molecular weight is 361 g/mol. The Morgan fingerprint density at radius 2 is 1.96 bits per heavy atom. The molecule has 1 N–H and O–H groups in total. The first-order chi connectivity index (χ1) is 11.8. The fraction of sp³-hybridized carbons (Fsp3) is 0.188. The number of nitrogens with one attached hydrogen (secondary N) is 1. The number of nitrogens with zero attached hydrogens (tertiary/aromatic N) is 2. The van der Waals surface area contributed by atoms with Crippen molar-refractivity contribution in [2.45, 2.75) is 18.2 Å². The van der Waals surface area contributed by atoms with E-state index in [0.717, 1.165) is 17.3 Å². The van der Waals surface area contributed by atoms with Gasteiger partial charge in [-0.1, -0.05) is 12.1 Å². The largest absolute Gasteiger partial charge is 0.312 e. The minimum Gasteiger partial charge on any atom is -0.312 e. The molecule has 0 saturated carbocycles. The summed E-state index contributed by atoms with van der Waals surface area (Å²) in [5.74, 6) is -0.0769. The normalized spacial score (nSPS) is 13.4. The Labute approximate surface area is 144 Å². The van der Waals surface area contributed by atoms with Gasteiger partial charge in [0.1, 0.15) is 0 Å². The highest BCUT2D eigenvalue weighted by Crippen LogP contribution is 2.32. The van der Waals surface area contributed by atoms with Gasteiger partial charge < -0.3 is 4.90 Å². The predicted molar refractivity (Wildman–Crippen MR) is 92.1 cm³/mol. The summed E-state index contributed by atoms with van der Waals surface area (Å²) in [4.78, 5) is 23.1. The van der Waals surface area contributed by atoms with Gasteiger partial charge in [0, 0.05) is 30.9 Å². The second-order valence-electron chi connectivity index (χ2n) is 5.59. The van der Waals surface area contributed by atoms with Crippen LogP contribution in [0.5, 0.6) is 0 Å². The Morgan fingerprint density at radius 3 is 2.64 bits per heavy atom. The van der Waals surface area contributed by atoms with Crippen molar-refractivity contribution in [2.75, 3.05) is 16.2 Å². The fourth-order valence-electron chi connectivity index (χ4n) is 2.84. The van der Waals surface area contributed by atoms with Crippen molar-refractivity contribution in [3.63, 3.8) is 0 Å². The van der Waals surface area contributed by atoms with Gasteiger partial charge in [0.25, 0.3) is 15.7 Å². The third-order valence-electron chi connectivity index (χ3n) is 3.96. The molecule has 1 aliphatic rings. The molecule has 0 atom stereocenters. The number of anilines is 2. The number of hydrogen-bond acceptors (Lipinski definition) is 5. The Balaban J connectivity index is 1.93. The van der Waals surface area contributed by atoms with Gasteiger partial charge in [-0.15, -0.1) is 0 Å². The van der Waals surface area contributed by atoms with Crippen LogP contribution in [0, 0.1) is 10.1 Å². The summed E-state index contributed by atoms with van der Waals surface area (Å²) in [6.07, 6.45) is 0.621. The zero-order valence-electron chi connectivity index (χ0n) is 13.3. The van der Waals surface area contributed by atoms with E-state index in [4.69, 9.17) is 0 Å². The van der Waals surface area contributed by atoms with Crippen molar-refractivity contribution in [3.8, 4) is 0 Å². The number of rotatable bonds is 4. The highest BCUT2D eigenvalue weighted by atomic mass is 32.2. The van der Waals surface area contributed by atoms with E-state index in [9.17, 15) is 23.3 Å². The predicted octanol–water partition coefficient (Wildman–Crippen LogP) is 2.30. The maximum absolute atomic E-state index is 12.5. The molecule has 0 spiro atoms. The third kappa shape index (κ3) is 3.18. The van der Waals surface area contributed by atoms with E-state index in [1.165, 1.54) is 31.2 Å². The maximum Gasteiger partial charge on any atom is 0.289 e. The van der Waals surface area contributed by atoms with Crippen LogP contribution < -0.4 is 9.62 Å². The molecule has 0 aliphatic carbocycles. The van der Waals surface area contributed by atoms with Crippen molar-refractivity contribution in [1.29, 1.82) is 0 Å². The molecular formula is C16H15N3O5S. The van der Waals surface area contributed by atoms with Crippen LogP contribution in [0.25, 0.3) is 0 Å². The molecule has 0 saturated heterocycles. The van der Waals surface area contributed by atoms with Crippen LogP contribution in [0.15, 0.2) is 47.4 Å². The Kier molecular flexibility index (Phi) is 4.17. The lowest BCUT2D eigenvalue weighted by Gasteiger charge is -2.15. The smallest absolute Gasteiger partial charge is 0.289 e. The zero-order valence-corrected chi connectivity index (χ0v) is 14.1. The molecule has 130 valence electrons. The number of para-hydroxylation sites is 1. The van der Waals surface area contributed by atoms with Crippen molar-refractivity contribution >= 4 is 33.0 Å². The Bertz CT molecular complexity index is 971. The molecule has 9 heteroatoms. The van der Waals surface area contributed by atoms with E-state index in [2.05, 4.69) is 4.72 Å². The third-order valence-corrected chi connectivity index (χ3v) is 5.39. The fourth-order valence-corrected chi connectivity index (χ4v) is 4.06. The quantitative estimate of drug-likeness (QED) is 0.664. The van der Waals surface area contributed by atoms with E-state index in [1.807, 2.05) is 0 Å². The van der Waals surface area contributed by atoms with Gasteiger partial charge >= 0.3 is 0 Å². The average Bonchev–Trinajstić information content (AvgIpc) is 2.97. The molecule has 2 aromatic rings. The van der Waals surface area contributed by atoms with Gasteiger partial charge in [-0.05, 0) is 36.2 Å². The maximum atomic E-state index is 12.5. The molecule has 1 aliphatic heterocycles. The van der Waals surface area contributed by atoms with Gasteiger partial charge in [-0.3, -0.25) is 19.6 Å². The number of carbonyl (C=O) groups excluding carboxylic acids is 1. The van der Waals surface area contributed by atoms with Crippen molar-refractivity contribution in [2.24, 2.45) is 0 Å². The van der Waals surface area contributed by atoms with Crippen LogP contribution >= 0.6 is 0 Å². The Morgan fingerprint density at radius 1 is 1.24 bits per heavy atom. The molecule has 0 bridgehead atoms. The number of nitro groups is 1. The number of fused-ring (bicyclic) bond motifs is 1. The number of benzene rings is 2. The minimum absolute atomic E-state index is 0.0769. The first-order valence-corrected chi connectivity index (χ1v) is 8.95. The summed E-state index contributed by atoms with van der Waals surface area (Å²) in [7, 11) is -4.11. The molecule has 0 aromatic heterocycles. The van der Waals surface area contributed by atoms with Gasteiger partial charge in [-0.2, -0.15) is 0 Å². The van der Waals surface area contributed by atoms with Gasteiger partial charge in [0.2, 0.25) is 5.91 Å². The van der Waals surface area contributed by atoms with E-state index >= 15 is 0 Å². The summed E-state index contributed by atoms with van der Waals surface area (Å²) in [6.45, 7) is 2.02. The van der Waals surface area contributed by atoms with Crippen LogP contribution in [0.2, 0.25) is 0 Å². The first-order valence-electron chi connectivity index (χ1n) is 7.47. The second kappa shape index (κ2) is 6.17. The van der Waals surface area contributed by atoms with E-state index in [0.29, 0.717) is 18.7 Å². The highest BCUT2D eigenvalue weighted by molar-refractivity contribution is 7.92. The molecule has 25 heavy (non-hydrogen) atoms. The minimum atomic E-state index is -4.11. The monoisotopic (exact) mass is 361 g/mol. The first kappa shape index (κ1) is 16.9. The summed E-state index contributed by atoms with van der Waals surface area (Å²) >= 11 is 0. The lowest BCUT2D eigenvalue weighted by atomic mass is 10.1. The van der Waals surface area contributed by atoms with Gasteiger partial charge in [0.15, 0.2) is 4.90 Å². The van der Waals surface area contributed by atoms with Crippen molar-refractivity contribution < 1.29 is 18.1 Å². The van der Waals surface area contributed by atoms with Gasteiger partial charge in [-0.25, -0.2) is 8.42 Å². The van der Waals surface area contributed by atoms with Crippen LogP contribution in [0.1, 0.15) is 12.5 Å². The molecule has 3 rings (SSSR count). The number of nitro benzene ring substituents is 1. The number of hydrogen-bond donors (Lipinski definition) is 1. The Hall–Kier alpha value is -2.94. The molecule has 1 amide bonds. The molecular weight excluding hydrogens is 346 g/mol. The summed E-state index contributed by atoms with van der Waals surface area (Å²) in [6, 6.07) is 10.0. The summed E-state index contributed by atoms with van der Waals surface area (Å²) in [5.41, 5.74) is 1.40. The molecule has 1 heterocycles. The lowest BCUT2D eigenvalue weighted by molar-refractivity contribution is -0.387. The van der Waals surface area contributed by atoms with Crippen molar-refractivity contribution in [3.05, 3.63) is 58.1 Å². The van der Waals surface area contributed by atoms with Crippen LogP contribution in [-0.2, 0) is 21.2 Å². The number of sulfonamides is 1. The van der Waals surface area contributed by atoms with E-state index in [1.54, 1.807) is 17.0 Å². The second-order valence-corrected chi connectivity index (χ2v) is 7.25. The van der Waals surface area contributed by atoms with Crippen LogP contribution in [0.4, 0.5) is 17.1 Å². The summed E-state index contributed by atoms with van der Waals surface area (Å²) in [5, 5.41) is 11.1. The molecule has 0 fully saturated rings. The van der Waals surface area contributed by atoms with E-state index < -0.39 is 25.5 Å². The van der Waals surface area contributed by atoms with E-state index in [-0.39, 0.29) is 5.91 Å². The summed E-state index contributed by atoms with van der Waals surface area (Å²) < 4.78 is 27.4. The number of carbonyl (C=O) groups is 1. The highest BCUT2D eigenvalue weighted by Gasteiger charge is 2.26. The molecule has 0 unspecified atom stereocenters. The molecule has 8 nitrogen and oxygen atoms in total. The zero-order chi connectivity index (χ0) is 18.2. The topological polar surface area (TPSA) is 110 Å². The standard InChI is InChI=1S/C16H15N3O5S/c1-11(20)18-9-8-12-10-13(6-7-14(12)18)17-25(23,24)16-5-3-2-4-15(16)19(21)22/h2-7,10,17H,8-9H2,1H3. The van der Waals surface area contributed by atoms with Gasteiger partial charge in [0.05, 0.1) is 4.92 Å². The van der Waals surface area contributed by atoms with Crippen LogP contribution in [-0.4, -0.2) is 25.8 Å². The lowest BCUT2D eigenvalue weighted by Crippen LogP contribution is -2.25.